The van der Waals surface area contributed by atoms with Crippen LogP contribution in [0.5, 0.6) is 0 Å². The molecule has 0 saturated heterocycles. The molecule has 8 nitrogen and oxygen atoms in total. The number of rotatable bonds is 4. The lowest BCUT2D eigenvalue weighted by molar-refractivity contribution is -0.160. The lowest BCUT2D eigenvalue weighted by Crippen LogP contribution is -2.35. The Bertz CT molecular complexity index is 356. The van der Waals surface area contributed by atoms with E-state index >= 15 is 0 Å². The van der Waals surface area contributed by atoms with Crippen molar-refractivity contribution < 1.29 is 39.6 Å². The summed E-state index contributed by atoms with van der Waals surface area (Å²) in [5, 5.41) is 35.2. The van der Waals surface area contributed by atoms with Gasteiger partial charge in [0.1, 0.15) is 0 Å². The fraction of sp³-hybridized carbons (Fsp3) is 0.556. The quantitative estimate of drug-likeness (QED) is 0.545. The van der Waals surface area contributed by atoms with Crippen molar-refractivity contribution in [3.8, 4) is 0 Å². The van der Waals surface area contributed by atoms with Crippen LogP contribution in [0.2, 0.25) is 0 Å². The summed E-state index contributed by atoms with van der Waals surface area (Å²) < 4.78 is 0. The third kappa shape index (κ3) is 2.70. The van der Waals surface area contributed by atoms with Gasteiger partial charge in [-0.05, 0) is 6.42 Å². The van der Waals surface area contributed by atoms with Crippen molar-refractivity contribution in [1.82, 2.24) is 0 Å². The molecule has 0 bridgehead atoms. The zero-order chi connectivity index (χ0) is 13.3. The van der Waals surface area contributed by atoms with Gasteiger partial charge in [-0.1, -0.05) is 0 Å². The summed E-state index contributed by atoms with van der Waals surface area (Å²) in [7, 11) is 0. The van der Waals surface area contributed by atoms with Crippen LogP contribution >= 0.6 is 12.4 Å². The molecular weight excluding hydrogens is 272 g/mol. The fourth-order valence-electron chi connectivity index (χ4n) is 2.23. The minimum absolute atomic E-state index is 0. The topological polar surface area (TPSA) is 149 Å². The number of carboxylic acid groups (broad SMARTS) is 4. The first-order valence-corrected chi connectivity index (χ1v) is 4.68. The molecule has 1 aliphatic rings. The first-order chi connectivity index (χ1) is 7.77. The van der Waals surface area contributed by atoms with Crippen molar-refractivity contribution >= 4 is 36.3 Å². The average molecular weight is 283 g/mol. The van der Waals surface area contributed by atoms with Crippen molar-refractivity contribution in [3.63, 3.8) is 0 Å². The van der Waals surface area contributed by atoms with E-state index in [1.165, 1.54) is 0 Å². The summed E-state index contributed by atoms with van der Waals surface area (Å²) in [5.74, 6) is -12.6. The molecule has 0 radical (unpaired) electrons. The summed E-state index contributed by atoms with van der Waals surface area (Å²) >= 11 is 0. The van der Waals surface area contributed by atoms with Crippen LogP contribution in [0.15, 0.2) is 0 Å². The highest BCUT2D eigenvalue weighted by Gasteiger charge is 2.56. The minimum atomic E-state index is -1.72. The highest BCUT2D eigenvalue weighted by atomic mass is 35.5. The first-order valence-electron chi connectivity index (χ1n) is 4.68. The van der Waals surface area contributed by atoms with Crippen LogP contribution in [0.25, 0.3) is 0 Å². The third-order valence-electron chi connectivity index (χ3n) is 2.97. The molecule has 0 amide bonds. The van der Waals surface area contributed by atoms with Crippen LogP contribution in [0.3, 0.4) is 0 Å². The van der Waals surface area contributed by atoms with Crippen molar-refractivity contribution in [2.24, 2.45) is 23.7 Å². The van der Waals surface area contributed by atoms with Crippen LogP contribution in [0.4, 0.5) is 0 Å². The molecule has 4 N–H and O–H groups in total. The summed E-state index contributed by atoms with van der Waals surface area (Å²) in [6.07, 6.45) is -0.487. The second-order valence-electron chi connectivity index (χ2n) is 3.85. The fourth-order valence-corrected chi connectivity index (χ4v) is 2.23. The Balaban J connectivity index is 0.00000289. The van der Waals surface area contributed by atoms with Gasteiger partial charge in [-0.2, -0.15) is 0 Å². The molecule has 1 aliphatic carbocycles. The van der Waals surface area contributed by atoms with Gasteiger partial charge in [0, 0.05) is 0 Å². The van der Waals surface area contributed by atoms with Crippen molar-refractivity contribution in [2.75, 3.05) is 0 Å². The molecule has 4 atom stereocenters. The highest BCUT2D eigenvalue weighted by molar-refractivity contribution is 5.90. The van der Waals surface area contributed by atoms with Crippen LogP contribution in [-0.2, 0) is 19.2 Å². The van der Waals surface area contributed by atoms with Crippen molar-refractivity contribution in [3.05, 3.63) is 0 Å². The molecule has 18 heavy (non-hydrogen) atoms. The Morgan fingerprint density at radius 1 is 0.667 bits per heavy atom. The van der Waals surface area contributed by atoms with E-state index in [1.807, 2.05) is 0 Å². The monoisotopic (exact) mass is 282 g/mol. The Labute approximate surface area is 107 Å². The molecule has 102 valence electrons. The Morgan fingerprint density at radius 2 is 0.944 bits per heavy atom. The van der Waals surface area contributed by atoms with Gasteiger partial charge in [-0.3, -0.25) is 19.2 Å². The normalized spacial score (nSPS) is 30.2. The molecule has 0 aliphatic heterocycles. The summed E-state index contributed by atoms with van der Waals surface area (Å²) in [6, 6.07) is 0. The predicted molar refractivity (Wildman–Crippen MR) is 56.4 cm³/mol. The number of halogens is 1. The van der Waals surface area contributed by atoms with Crippen LogP contribution in [0, 0.1) is 23.7 Å². The van der Waals surface area contributed by atoms with Crippen LogP contribution in [0.1, 0.15) is 6.42 Å². The molecule has 4 unspecified atom stereocenters. The average Bonchev–Trinajstić information content (AvgIpc) is 2.56. The number of aliphatic carboxylic acids is 4. The number of hydrogen-bond acceptors (Lipinski definition) is 4. The van der Waals surface area contributed by atoms with E-state index in [0.717, 1.165) is 0 Å². The Morgan fingerprint density at radius 3 is 1.11 bits per heavy atom. The van der Waals surface area contributed by atoms with E-state index in [1.54, 1.807) is 0 Å². The largest absolute Gasteiger partial charge is 0.481 e. The zero-order valence-electron chi connectivity index (χ0n) is 8.85. The van der Waals surface area contributed by atoms with Gasteiger partial charge < -0.3 is 20.4 Å². The molecule has 1 rings (SSSR count). The molecule has 0 heterocycles. The van der Waals surface area contributed by atoms with Gasteiger partial charge in [-0.25, -0.2) is 0 Å². The van der Waals surface area contributed by atoms with Gasteiger partial charge in [-0.15, -0.1) is 12.4 Å². The van der Waals surface area contributed by atoms with Gasteiger partial charge in [0.25, 0.3) is 0 Å². The van der Waals surface area contributed by atoms with Crippen LogP contribution in [-0.4, -0.2) is 44.3 Å². The summed E-state index contributed by atoms with van der Waals surface area (Å²) in [6.45, 7) is 0. The molecule has 1 saturated carbocycles. The Hall–Kier alpha value is -1.83. The maximum absolute atomic E-state index is 10.9. The lowest BCUT2D eigenvalue weighted by atomic mass is 9.87. The number of carboxylic acids is 4. The van der Waals surface area contributed by atoms with E-state index in [-0.39, 0.29) is 12.4 Å². The molecule has 0 aromatic heterocycles. The van der Waals surface area contributed by atoms with Gasteiger partial charge in [0.2, 0.25) is 0 Å². The van der Waals surface area contributed by atoms with Crippen molar-refractivity contribution in [1.29, 1.82) is 0 Å². The Kier molecular flexibility index (Phi) is 5.10. The molecule has 0 spiro atoms. The highest BCUT2D eigenvalue weighted by Crippen LogP contribution is 2.42. The standard InChI is InChI=1S/C9H10O8.ClH/c10-6(11)2-1-3(7(12)13)5(9(16)17)4(2)8(14)15;/h2-5H,1H2,(H,10,11)(H,12,13)(H,14,15)(H,16,17);1H. The van der Waals surface area contributed by atoms with E-state index in [2.05, 4.69) is 0 Å². The first kappa shape index (κ1) is 16.2. The SMILES string of the molecule is Cl.O=C(O)C1CC(C(=O)O)C(C(=O)O)C1C(=O)O. The number of carbonyl (C=O) groups is 4. The molecule has 0 aromatic rings. The summed E-state index contributed by atoms with van der Waals surface area (Å²) in [4.78, 5) is 43.4. The molecule has 0 aromatic carbocycles. The van der Waals surface area contributed by atoms with Gasteiger partial charge >= 0.3 is 23.9 Å². The minimum Gasteiger partial charge on any atom is -0.481 e. The second-order valence-corrected chi connectivity index (χ2v) is 3.85. The number of hydrogen-bond donors (Lipinski definition) is 4. The second kappa shape index (κ2) is 5.67. The van der Waals surface area contributed by atoms with Crippen LogP contribution < -0.4 is 0 Å². The van der Waals surface area contributed by atoms with E-state index in [4.69, 9.17) is 20.4 Å². The van der Waals surface area contributed by atoms with E-state index < -0.39 is 54.0 Å². The molecule has 1 fully saturated rings. The van der Waals surface area contributed by atoms with Gasteiger partial charge in [0.15, 0.2) is 0 Å². The maximum Gasteiger partial charge on any atom is 0.308 e. The molecule has 9 heteroatoms. The summed E-state index contributed by atoms with van der Waals surface area (Å²) in [5.41, 5.74) is 0. The van der Waals surface area contributed by atoms with Crippen molar-refractivity contribution in [2.45, 2.75) is 6.42 Å². The van der Waals surface area contributed by atoms with E-state index in [0.29, 0.717) is 0 Å². The predicted octanol–water partition coefficient (Wildman–Crippen LogP) is -0.385. The maximum atomic E-state index is 10.9. The zero-order valence-corrected chi connectivity index (χ0v) is 9.66. The van der Waals surface area contributed by atoms with Gasteiger partial charge in [0.05, 0.1) is 23.7 Å². The smallest absolute Gasteiger partial charge is 0.308 e. The van der Waals surface area contributed by atoms with E-state index in [9.17, 15) is 19.2 Å². The lowest BCUT2D eigenvalue weighted by Gasteiger charge is -2.16. The molecular formula is C9H11ClO8. The third-order valence-corrected chi connectivity index (χ3v) is 2.97.